The van der Waals surface area contributed by atoms with E-state index in [0.717, 1.165) is 0 Å². The fraction of sp³-hybridized carbons (Fsp3) is 1.00. The van der Waals surface area contributed by atoms with Crippen LogP contribution >= 0.6 is 12.4 Å². The van der Waals surface area contributed by atoms with Crippen molar-refractivity contribution in [3.8, 4) is 0 Å². The first-order valence-corrected chi connectivity index (χ1v) is 3.47. The second-order valence-corrected chi connectivity index (χ2v) is 3.09. The van der Waals surface area contributed by atoms with Gasteiger partial charge in [0.25, 0.3) is 0 Å². The second kappa shape index (κ2) is 3.43. The zero-order valence-electron chi connectivity index (χ0n) is 6.24. The lowest BCUT2D eigenvalue weighted by atomic mass is 9.87. The summed E-state index contributed by atoms with van der Waals surface area (Å²) in [5.41, 5.74) is 0.625. The highest BCUT2D eigenvalue weighted by Gasteiger charge is 2.25. The van der Waals surface area contributed by atoms with Gasteiger partial charge in [0.15, 0.2) is 0 Å². The quantitative estimate of drug-likeness (QED) is 0.600. The Balaban J connectivity index is 0.000000640. The van der Waals surface area contributed by atoms with Crippen molar-refractivity contribution in [3.05, 3.63) is 0 Å². The molecular formula is C7H16ClN. The van der Waals surface area contributed by atoms with Crippen LogP contribution in [-0.2, 0) is 0 Å². The third-order valence-electron chi connectivity index (χ3n) is 2.31. The number of hydrogen-bond acceptors (Lipinski definition) is 1. The van der Waals surface area contributed by atoms with Crippen LogP contribution in [0.4, 0.5) is 0 Å². The van der Waals surface area contributed by atoms with E-state index in [1.54, 1.807) is 0 Å². The van der Waals surface area contributed by atoms with Crippen LogP contribution in [0.2, 0.25) is 0 Å². The minimum atomic E-state index is 0. The van der Waals surface area contributed by atoms with Gasteiger partial charge in [0.2, 0.25) is 0 Å². The Kier molecular flexibility index (Phi) is 3.52. The van der Waals surface area contributed by atoms with Crippen molar-refractivity contribution in [2.75, 3.05) is 13.1 Å². The fourth-order valence-corrected chi connectivity index (χ4v) is 1.17. The summed E-state index contributed by atoms with van der Waals surface area (Å²) in [7, 11) is 0. The number of nitrogens with one attached hydrogen (secondary N) is 1. The van der Waals surface area contributed by atoms with Gasteiger partial charge in [0.05, 0.1) is 0 Å². The molecule has 1 aliphatic heterocycles. The molecule has 0 aromatic heterocycles. The predicted molar refractivity (Wildman–Crippen MR) is 43.1 cm³/mol. The molecule has 1 N–H and O–H groups in total. The van der Waals surface area contributed by atoms with E-state index in [-0.39, 0.29) is 12.4 Å². The highest BCUT2D eigenvalue weighted by atomic mass is 35.5. The Morgan fingerprint density at radius 2 is 2.22 bits per heavy atom. The zero-order chi connectivity index (χ0) is 6.04. The molecular weight excluding hydrogens is 134 g/mol. The summed E-state index contributed by atoms with van der Waals surface area (Å²) in [5, 5.41) is 3.36. The van der Waals surface area contributed by atoms with E-state index in [2.05, 4.69) is 19.2 Å². The SMILES string of the molecule is CCC1(C)CCNC1.Cl. The summed E-state index contributed by atoms with van der Waals surface area (Å²) in [6.07, 6.45) is 2.68. The third-order valence-corrected chi connectivity index (χ3v) is 2.31. The van der Waals surface area contributed by atoms with E-state index in [1.807, 2.05) is 0 Å². The summed E-state index contributed by atoms with van der Waals surface area (Å²) < 4.78 is 0. The molecule has 0 aromatic rings. The van der Waals surface area contributed by atoms with Crippen molar-refractivity contribution in [1.29, 1.82) is 0 Å². The molecule has 0 bridgehead atoms. The molecule has 2 heteroatoms. The number of rotatable bonds is 1. The standard InChI is InChI=1S/C7H15N.ClH/c1-3-7(2)4-5-8-6-7;/h8H,3-6H2,1-2H3;1H. The molecule has 56 valence electrons. The molecule has 0 saturated carbocycles. The highest BCUT2D eigenvalue weighted by molar-refractivity contribution is 5.85. The monoisotopic (exact) mass is 149 g/mol. The average molecular weight is 150 g/mol. The maximum atomic E-state index is 3.36. The molecule has 0 aromatic carbocycles. The van der Waals surface area contributed by atoms with Gasteiger partial charge >= 0.3 is 0 Å². The van der Waals surface area contributed by atoms with Crippen molar-refractivity contribution in [3.63, 3.8) is 0 Å². The molecule has 1 rings (SSSR count). The summed E-state index contributed by atoms with van der Waals surface area (Å²) >= 11 is 0. The Morgan fingerprint density at radius 1 is 1.56 bits per heavy atom. The van der Waals surface area contributed by atoms with E-state index < -0.39 is 0 Å². The van der Waals surface area contributed by atoms with Gasteiger partial charge in [-0.2, -0.15) is 0 Å². The first-order chi connectivity index (χ1) is 3.77. The minimum absolute atomic E-state index is 0. The molecule has 1 fully saturated rings. The normalized spacial score (nSPS) is 34.0. The topological polar surface area (TPSA) is 12.0 Å². The van der Waals surface area contributed by atoms with Crippen molar-refractivity contribution in [2.24, 2.45) is 5.41 Å². The Bertz CT molecular complexity index is 77.0. The van der Waals surface area contributed by atoms with Gasteiger partial charge in [-0.15, -0.1) is 12.4 Å². The molecule has 0 radical (unpaired) electrons. The van der Waals surface area contributed by atoms with Gasteiger partial charge in [-0.3, -0.25) is 0 Å². The largest absolute Gasteiger partial charge is 0.316 e. The zero-order valence-corrected chi connectivity index (χ0v) is 7.05. The van der Waals surface area contributed by atoms with Crippen LogP contribution < -0.4 is 5.32 Å². The van der Waals surface area contributed by atoms with Gasteiger partial charge in [0, 0.05) is 6.54 Å². The van der Waals surface area contributed by atoms with Crippen LogP contribution in [-0.4, -0.2) is 13.1 Å². The molecule has 1 nitrogen and oxygen atoms in total. The molecule has 0 amide bonds. The van der Waals surface area contributed by atoms with Crippen molar-refractivity contribution in [2.45, 2.75) is 26.7 Å². The van der Waals surface area contributed by atoms with Gasteiger partial charge in [-0.25, -0.2) is 0 Å². The lowest BCUT2D eigenvalue weighted by molar-refractivity contribution is 0.351. The Morgan fingerprint density at radius 3 is 2.44 bits per heavy atom. The van der Waals surface area contributed by atoms with Gasteiger partial charge < -0.3 is 5.32 Å². The summed E-state index contributed by atoms with van der Waals surface area (Å²) in [6, 6.07) is 0. The molecule has 1 unspecified atom stereocenters. The third kappa shape index (κ3) is 2.15. The van der Waals surface area contributed by atoms with Gasteiger partial charge in [0.1, 0.15) is 0 Å². The number of hydrogen-bond donors (Lipinski definition) is 1. The van der Waals surface area contributed by atoms with Crippen LogP contribution in [0.15, 0.2) is 0 Å². The minimum Gasteiger partial charge on any atom is -0.316 e. The van der Waals surface area contributed by atoms with Crippen LogP contribution in [0.5, 0.6) is 0 Å². The van der Waals surface area contributed by atoms with Crippen LogP contribution in [0.3, 0.4) is 0 Å². The van der Waals surface area contributed by atoms with Gasteiger partial charge in [-0.1, -0.05) is 13.8 Å². The van der Waals surface area contributed by atoms with Crippen LogP contribution in [0.1, 0.15) is 26.7 Å². The van der Waals surface area contributed by atoms with Crippen molar-refractivity contribution in [1.82, 2.24) is 5.32 Å². The first kappa shape index (κ1) is 9.25. The summed E-state index contributed by atoms with van der Waals surface area (Å²) in [5.74, 6) is 0. The maximum absolute atomic E-state index is 3.36. The maximum Gasteiger partial charge on any atom is 0.000554 e. The van der Waals surface area contributed by atoms with E-state index in [9.17, 15) is 0 Å². The molecule has 1 heterocycles. The molecule has 1 saturated heterocycles. The van der Waals surface area contributed by atoms with E-state index >= 15 is 0 Å². The van der Waals surface area contributed by atoms with Crippen LogP contribution in [0, 0.1) is 5.41 Å². The Labute approximate surface area is 63.6 Å². The molecule has 0 spiro atoms. The lowest BCUT2D eigenvalue weighted by Gasteiger charge is -2.18. The fourth-order valence-electron chi connectivity index (χ4n) is 1.17. The molecule has 9 heavy (non-hydrogen) atoms. The van der Waals surface area contributed by atoms with Gasteiger partial charge in [-0.05, 0) is 24.8 Å². The van der Waals surface area contributed by atoms with E-state index in [1.165, 1.54) is 25.9 Å². The smallest absolute Gasteiger partial charge is 0.000554 e. The summed E-state index contributed by atoms with van der Waals surface area (Å²) in [4.78, 5) is 0. The lowest BCUT2D eigenvalue weighted by Crippen LogP contribution is -2.18. The highest BCUT2D eigenvalue weighted by Crippen LogP contribution is 2.27. The Hall–Kier alpha value is 0.250. The molecule has 0 aliphatic carbocycles. The predicted octanol–water partition coefficient (Wildman–Crippen LogP) is 1.82. The van der Waals surface area contributed by atoms with Crippen molar-refractivity contribution < 1.29 is 0 Å². The molecule has 1 aliphatic rings. The number of halogens is 1. The van der Waals surface area contributed by atoms with E-state index in [4.69, 9.17) is 0 Å². The van der Waals surface area contributed by atoms with E-state index in [0.29, 0.717) is 5.41 Å². The van der Waals surface area contributed by atoms with Crippen LogP contribution in [0.25, 0.3) is 0 Å². The average Bonchev–Trinajstić information content (AvgIpc) is 2.17. The van der Waals surface area contributed by atoms with Crippen molar-refractivity contribution >= 4 is 12.4 Å². The second-order valence-electron chi connectivity index (χ2n) is 3.09. The summed E-state index contributed by atoms with van der Waals surface area (Å²) in [6.45, 7) is 7.08. The first-order valence-electron chi connectivity index (χ1n) is 3.47. The molecule has 1 atom stereocenters.